The number of hydrogen-bond acceptors (Lipinski definition) is 4. The van der Waals surface area contributed by atoms with Gasteiger partial charge >= 0.3 is 0 Å². The smallest absolute Gasteiger partial charge is 0.0964 e. The molecule has 0 amide bonds. The van der Waals surface area contributed by atoms with Gasteiger partial charge in [0.25, 0.3) is 0 Å². The lowest BCUT2D eigenvalue weighted by atomic mass is 10.1. The van der Waals surface area contributed by atoms with Crippen LogP contribution in [0.1, 0.15) is 18.1 Å². The molecule has 1 aliphatic rings. The number of likely N-dealkylation sites (N-methyl/N-ethyl adjacent to an activating group) is 1. The zero-order chi connectivity index (χ0) is 18.8. The van der Waals surface area contributed by atoms with Crippen molar-refractivity contribution in [2.75, 3.05) is 25.0 Å². The maximum absolute atomic E-state index is 10.5. The topological polar surface area (TPSA) is 55.4 Å². The largest absolute Gasteiger partial charge is 0.387 e. The molecule has 148 valence electrons. The first-order chi connectivity index (χ1) is 13.1. The summed E-state index contributed by atoms with van der Waals surface area (Å²) in [5, 5.41) is 18.7. The van der Waals surface area contributed by atoms with Crippen molar-refractivity contribution in [1.29, 1.82) is 0 Å². The van der Waals surface area contributed by atoms with Crippen molar-refractivity contribution >= 4 is 44.9 Å². The first kappa shape index (κ1) is 20.7. The standard InChI is InChI=1S/C21H23BrN4O.ClH/c1-25(19-6-7-20-16(12-19)13-23-24-20)18-8-10-26(11-9-18)14-21(27)15-2-4-17(22)5-3-15;/h2-8,10,12-13,18,21,27H,9,11,14H2,1H3,(H,23,24);1H. The zero-order valence-corrected chi connectivity index (χ0v) is 18.0. The van der Waals surface area contributed by atoms with Crippen molar-refractivity contribution in [3.8, 4) is 0 Å². The molecule has 3 aromatic rings. The highest BCUT2D eigenvalue weighted by Crippen LogP contribution is 2.25. The molecule has 2 unspecified atom stereocenters. The van der Waals surface area contributed by atoms with Crippen LogP contribution in [0, 0.1) is 0 Å². The summed E-state index contributed by atoms with van der Waals surface area (Å²) in [5.41, 5.74) is 3.18. The van der Waals surface area contributed by atoms with Gasteiger partial charge in [0.05, 0.1) is 23.9 Å². The van der Waals surface area contributed by atoms with E-state index in [9.17, 15) is 5.11 Å². The van der Waals surface area contributed by atoms with E-state index in [1.807, 2.05) is 30.5 Å². The van der Waals surface area contributed by atoms with Crippen LogP contribution in [0.25, 0.3) is 10.9 Å². The number of β-amino-alcohol motifs (C(OH)–C–C–N with tert-alkyl or cyclic N) is 1. The van der Waals surface area contributed by atoms with Crippen LogP contribution in [0.4, 0.5) is 5.69 Å². The van der Waals surface area contributed by atoms with Gasteiger partial charge in [-0.05, 0) is 54.6 Å². The predicted molar refractivity (Wildman–Crippen MR) is 120 cm³/mol. The first-order valence-corrected chi connectivity index (χ1v) is 9.91. The number of nitrogens with zero attached hydrogens (tertiary/aromatic N) is 3. The molecule has 2 heterocycles. The number of benzene rings is 2. The molecule has 2 atom stereocenters. The second kappa shape index (κ2) is 8.99. The highest BCUT2D eigenvalue weighted by Gasteiger charge is 2.20. The van der Waals surface area contributed by atoms with Crippen LogP contribution in [0.15, 0.2) is 65.4 Å². The molecule has 2 N–H and O–H groups in total. The van der Waals surface area contributed by atoms with E-state index < -0.39 is 6.10 Å². The van der Waals surface area contributed by atoms with Gasteiger partial charge in [-0.3, -0.25) is 5.10 Å². The fourth-order valence-corrected chi connectivity index (χ4v) is 3.78. The lowest BCUT2D eigenvalue weighted by Gasteiger charge is -2.35. The molecule has 7 heteroatoms. The number of halogens is 2. The summed E-state index contributed by atoms with van der Waals surface area (Å²) in [6, 6.07) is 14.6. The second-order valence-electron chi connectivity index (χ2n) is 7.01. The number of nitrogens with one attached hydrogen (secondary N) is 1. The van der Waals surface area contributed by atoms with Gasteiger partial charge in [0.15, 0.2) is 0 Å². The van der Waals surface area contributed by atoms with E-state index in [-0.39, 0.29) is 12.4 Å². The molecular weight excluding hydrogens is 440 g/mol. The van der Waals surface area contributed by atoms with Gasteiger partial charge < -0.3 is 14.9 Å². The minimum absolute atomic E-state index is 0. The SMILES string of the molecule is CN(c1ccc2[nH]ncc2c1)C1C=CN(CC(O)c2ccc(Br)cc2)CC1.Cl. The Hall–Kier alpha value is -2.02. The normalized spacial score (nSPS) is 17.4. The van der Waals surface area contributed by atoms with Crippen LogP contribution in [-0.4, -0.2) is 46.4 Å². The maximum atomic E-state index is 10.5. The Kier molecular flexibility index (Phi) is 6.65. The lowest BCUT2D eigenvalue weighted by molar-refractivity contribution is 0.132. The fraction of sp³-hybridized carbons (Fsp3) is 0.286. The van der Waals surface area contributed by atoms with Crippen LogP contribution in [0.3, 0.4) is 0 Å². The van der Waals surface area contributed by atoms with E-state index >= 15 is 0 Å². The predicted octanol–water partition coefficient (Wildman–Crippen LogP) is 4.51. The Balaban J connectivity index is 0.00000225. The molecule has 5 nitrogen and oxygen atoms in total. The molecule has 0 saturated heterocycles. The summed E-state index contributed by atoms with van der Waals surface area (Å²) in [7, 11) is 2.13. The highest BCUT2D eigenvalue weighted by molar-refractivity contribution is 9.10. The van der Waals surface area contributed by atoms with Crippen molar-refractivity contribution in [2.45, 2.75) is 18.6 Å². The molecule has 0 aliphatic carbocycles. The number of rotatable bonds is 5. The summed E-state index contributed by atoms with van der Waals surface area (Å²) < 4.78 is 1.02. The number of aliphatic hydroxyl groups is 1. The third-order valence-corrected chi connectivity index (χ3v) is 5.75. The van der Waals surface area contributed by atoms with Crippen LogP contribution in [-0.2, 0) is 0 Å². The number of aromatic amines is 1. The van der Waals surface area contributed by atoms with Gasteiger partial charge in [0.2, 0.25) is 0 Å². The highest BCUT2D eigenvalue weighted by atomic mass is 79.9. The summed E-state index contributed by atoms with van der Waals surface area (Å²) in [6.07, 6.45) is 6.72. The van der Waals surface area contributed by atoms with Gasteiger partial charge in [-0.1, -0.05) is 28.1 Å². The molecule has 4 rings (SSSR count). The third-order valence-electron chi connectivity index (χ3n) is 5.22. The Morgan fingerprint density at radius 3 is 2.79 bits per heavy atom. The van der Waals surface area contributed by atoms with Crippen molar-refractivity contribution < 1.29 is 5.11 Å². The number of hydrogen-bond donors (Lipinski definition) is 2. The van der Waals surface area contributed by atoms with Gasteiger partial charge in [0, 0.05) is 35.7 Å². The van der Waals surface area contributed by atoms with E-state index in [0.717, 1.165) is 33.9 Å². The number of anilines is 1. The van der Waals surface area contributed by atoms with Crippen LogP contribution in [0.2, 0.25) is 0 Å². The Labute approximate surface area is 179 Å². The second-order valence-corrected chi connectivity index (χ2v) is 7.93. The van der Waals surface area contributed by atoms with E-state index in [1.165, 1.54) is 5.69 Å². The quantitative estimate of drug-likeness (QED) is 0.585. The average molecular weight is 464 g/mol. The molecule has 0 bridgehead atoms. The van der Waals surface area contributed by atoms with Gasteiger partial charge in [0.1, 0.15) is 0 Å². The van der Waals surface area contributed by atoms with E-state index in [2.05, 4.69) is 73.4 Å². The maximum Gasteiger partial charge on any atom is 0.0964 e. The Morgan fingerprint density at radius 2 is 2.07 bits per heavy atom. The number of fused-ring (bicyclic) bond motifs is 1. The molecule has 0 radical (unpaired) electrons. The molecule has 0 spiro atoms. The first-order valence-electron chi connectivity index (χ1n) is 9.12. The summed E-state index contributed by atoms with van der Waals surface area (Å²) in [5.74, 6) is 0. The molecule has 0 saturated carbocycles. The molecule has 1 aliphatic heterocycles. The summed E-state index contributed by atoms with van der Waals surface area (Å²) in [6.45, 7) is 1.53. The van der Waals surface area contributed by atoms with Crippen molar-refractivity contribution in [2.24, 2.45) is 0 Å². The fourth-order valence-electron chi connectivity index (χ4n) is 3.52. The average Bonchev–Trinajstić information content (AvgIpc) is 3.16. The van der Waals surface area contributed by atoms with Crippen LogP contribution in [0.5, 0.6) is 0 Å². The monoisotopic (exact) mass is 462 g/mol. The molecule has 1 aromatic heterocycles. The van der Waals surface area contributed by atoms with Crippen LogP contribution < -0.4 is 4.90 Å². The molecule has 2 aromatic carbocycles. The number of aliphatic hydroxyl groups excluding tert-OH is 1. The number of H-pyrrole nitrogens is 1. The lowest BCUT2D eigenvalue weighted by Crippen LogP contribution is -2.38. The van der Waals surface area contributed by atoms with E-state index in [4.69, 9.17) is 0 Å². The van der Waals surface area contributed by atoms with Gasteiger partial charge in [-0.2, -0.15) is 5.10 Å². The summed E-state index contributed by atoms with van der Waals surface area (Å²) in [4.78, 5) is 4.49. The Bertz CT molecular complexity index is 943. The van der Waals surface area contributed by atoms with Gasteiger partial charge in [-0.25, -0.2) is 0 Å². The third kappa shape index (κ3) is 4.51. The Morgan fingerprint density at radius 1 is 1.29 bits per heavy atom. The van der Waals surface area contributed by atoms with Crippen molar-refractivity contribution in [3.63, 3.8) is 0 Å². The van der Waals surface area contributed by atoms with Crippen molar-refractivity contribution in [1.82, 2.24) is 15.1 Å². The van der Waals surface area contributed by atoms with E-state index in [0.29, 0.717) is 12.6 Å². The molecular formula is C21H24BrClN4O. The van der Waals surface area contributed by atoms with Crippen LogP contribution >= 0.6 is 28.3 Å². The minimum Gasteiger partial charge on any atom is -0.387 e. The molecule has 28 heavy (non-hydrogen) atoms. The number of aromatic nitrogens is 2. The molecule has 0 fully saturated rings. The minimum atomic E-state index is -0.486. The van der Waals surface area contributed by atoms with E-state index in [1.54, 1.807) is 0 Å². The van der Waals surface area contributed by atoms with Crippen molar-refractivity contribution in [3.05, 3.63) is 71.0 Å². The van der Waals surface area contributed by atoms with Gasteiger partial charge in [-0.15, -0.1) is 12.4 Å². The zero-order valence-electron chi connectivity index (χ0n) is 15.6. The summed E-state index contributed by atoms with van der Waals surface area (Å²) >= 11 is 3.43.